The molecule has 3 aromatic heterocycles. The van der Waals surface area contributed by atoms with Crippen molar-refractivity contribution in [2.75, 3.05) is 13.1 Å². The van der Waals surface area contributed by atoms with E-state index < -0.39 is 0 Å². The number of aryl methyl sites for hydroxylation is 1. The first kappa shape index (κ1) is 17.7. The zero-order valence-electron chi connectivity index (χ0n) is 16.4. The van der Waals surface area contributed by atoms with E-state index in [1.165, 1.54) is 0 Å². The van der Waals surface area contributed by atoms with Crippen molar-refractivity contribution in [3.8, 4) is 11.1 Å². The third-order valence-electron chi connectivity index (χ3n) is 5.79. The Morgan fingerprint density at radius 2 is 2.00 bits per heavy atom. The van der Waals surface area contributed by atoms with Gasteiger partial charge in [0.1, 0.15) is 11.3 Å². The smallest absolute Gasteiger partial charge is 0.274 e. The second kappa shape index (κ2) is 7.20. The van der Waals surface area contributed by atoms with E-state index in [9.17, 15) is 4.79 Å². The Labute approximate surface area is 169 Å². The first-order chi connectivity index (χ1) is 14.2. The van der Waals surface area contributed by atoms with E-state index >= 15 is 0 Å². The Kier molecular flexibility index (Phi) is 4.39. The third-order valence-corrected chi connectivity index (χ3v) is 5.79. The number of carbonyl (C=O) groups is 1. The van der Waals surface area contributed by atoms with Crippen LogP contribution in [0.25, 0.3) is 16.8 Å². The number of nitrogens with zero attached hydrogens (tertiary/aromatic N) is 4. The molecule has 0 aliphatic carbocycles. The van der Waals surface area contributed by atoms with Gasteiger partial charge in [-0.15, -0.1) is 0 Å². The predicted molar refractivity (Wildman–Crippen MR) is 112 cm³/mol. The van der Waals surface area contributed by atoms with Gasteiger partial charge in [0.2, 0.25) is 0 Å². The van der Waals surface area contributed by atoms with Gasteiger partial charge in [0.05, 0.1) is 6.20 Å². The molecule has 0 saturated carbocycles. The summed E-state index contributed by atoms with van der Waals surface area (Å²) in [5.74, 6) is 0.239. The van der Waals surface area contributed by atoms with Crippen LogP contribution in [-0.2, 0) is 0 Å². The summed E-state index contributed by atoms with van der Waals surface area (Å²) < 4.78 is 1.97. The summed E-state index contributed by atoms with van der Waals surface area (Å²) in [6.07, 6.45) is 5.74. The van der Waals surface area contributed by atoms with Crippen molar-refractivity contribution in [3.63, 3.8) is 0 Å². The van der Waals surface area contributed by atoms with Crippen LogP contribution in [0.15, 0.2) is 60.9 Å². The normalized spacial score (nSPS) is 17.0. The fraction of sp³-hybridized carbons (Fsp3) is 0.261. The number of nitrogens with one attached hydrogen (secondary N) is 1. The number of imidazole rings is 1. The van der Waals surface area contributed by atoms with Crippen molar-refractivity contribution in [3.05, 3.63) is 78.0 Å². The first-order valence-electron chi connectivity index (χ1n) is 10.0. The average Bonchev–Trinajstić information content (AvgIpc) is 3.42. The SMILES string of the molecule is Cc1cccc2nc(C(=O)N3CCCC(c4[nH]ncc4-c4ccccc4)C3)cn12. The second-order valence-corrected chi connectivity index (χ2v) is 7.68. The van der Waals surface area contributed by atoms with Crippen molar-refractivity contribution >= 4 is 11.6 Å². The molecule has 29 heavy (non-hydrogen) atoms. The number of hydrogen-bond acceptors (Lipinski definition) is 3. The number of aromatic nitrogens is 4. The molecule has 1 aliphatic rings. The second-order valence-electron chi connectivity index (χ2n) is 7.68. The first-order valence-corrected chi connectivity index (χ1v) is 10.0. The van der Waals surface area contributed by atoms with Crippen LogP contribution in [0.3, 0.4) is 0 Å². The number of H-pyrrole nitrogens is 1. The number of benzene rings is 1. The molecule has 1 amide bonds. The van der Waals surface area contributed by atoms with Crippen molar-refractivity contribution in [2.45, 2.75) is 25.7 Å². The number of hydrogen-bond donors (Lipinski definition) is 1. The Balaban J connectivity index is 1.40. The summed E-state index contributed by atoms with van der Waals surface area (Å²) in [6, 6.07) is 16.2. The molecule has 1 fully saturated rings. The summed E-state index contributed by atoms with van der Waals surface area (Å²) in [4.78, 5) is 19.7. The van der Waals surface area contributed by atoms with Crippen molar-refractivity contribution in [1.29, 1.82) is 0 Å². The van der Waals surface area contributed by atoms with Crippen LogP contribution in [0.1, 0.15) is 40.6 Å². The van der Waals surface area contributed by atoms with Crippen LogP contribution in [0.5, 0.6) is 0 Å². The Bertz CT molecular complexity index is 1160. The quantitative estimate of drug-likeness (QED) is 0.578. The van der Waals surface area contributed by atoms with Crippen molar-refractivity contribution in [1.82, 2.24) is 24.5 Å². The topological polar surface area (TPSA) is 66.3 Å². The van der Waals surface area contributed by atoms with Crippen LogP contribution in [0.2, 0.25) is 0 Å². The molecule has 0 radical (unpaired) electrons. The molecule has 1 aliphatic heterocycles. The van der Waals surface area contributed by atoms with E-state index in [1.54, 1.807) is 0 Å². The minimum Gasteiger partial charge on any atom is -0.337 e. The average molecular weight is 385 g/mol. The summed E-state index contributed by atoms with van der Waals surface area (Å²) in [7, 11) is 0. The zero-order valence-corrected chi connectivity index (χ0v) is 16.4. The van der Waals surface area contributed by atoms with Crippen LogP contribution >= 0.6 is 0 Å². The molecule has 5 rings (SSSR count). The molecule has 6 nitrogen and oxygen atoms in total. The van der Waals surface area contributed by atoms with Gasteiger partial charge in [-0.3, -0.25) is 9.89 Å². The molecule has 1 unspecified atom stereocenters. The van der Waals surface area contributed by atoms with Crippen LogP contribution in [0.4, 0.5) is 0 Å². The molecule has 6 heteroatoms. The summed E-state index contributed by atoms with van der Waals surface area (Å²) in [5.41, 5.74) is 5.76. The largest absolute Gasteiger partial charge is 0.337 e. The summed E-state index contributed by atoms with van der Waals surface area (Å²) in [6.45, 7) is 3.45. The molecule has 1 atom stereocenters. The summed E-state index contributed by atoms with van der Waals surface area (Å²) in [5, 5.41) is 7.49. The van der Waals surface area contributed by atoms with Gasteiger partial charge in [-0.05, 0) is 37.5 Å². The number of aromatic amines is 1. The maximum absolute atomic E-state index is 13.2. The number of fused-ring (bicyclic) bond motifs is 1. The highest BCUT2D eigenvalue weighted by Gasteiger charge is 2.29. The van der Waals surface area contributed by atoms with Crippen LogP contribution < -0.4 is 0 Å². The van der Waals surface area contributed by atoms with Gasteiger partial charge in [0.25, 0.3) is 5.91 Å². The number of rotatable bonds is 3. The Hall–Kier alpha value is -3.41. The number of carbonyl (C=O) groups excluding carboxylic acids is 1. The fourth-order valence-corrected chi connectivity index (χ4v) is 4.27. The fourth-order valence-electron chi connectivity index (χ4n) is 4.27. The molecule has 4 heterocycles. The van der Waals surface area contributed by atoms with E-state index in [1.807, 2.05) is 65.0 Å². The molecular weight excluding hydrogens is 362 g/mol. The highest BCUT2D eigenvalue weighted by atomic mass is 16.2. The number of likely N-dealkylation sites (tertiary alicyclic amines) is 1. The zero-order chi connectivity index (χ0) is 19.8. The standard InChI is InChI=1S/C23H23N5O/c1-16-7-5-11-21-25-20(15-28(16)21)23(29)27-12-6-10-18(14-27)22-19(13-24-26-22)17-8-3-2-4-9-17/h2-5,7-9,11,13,15,18H,6,10,12,14H2,1H3,(H,24,26). The maximum atomic E-state index is 13.2. The highest BCUT2D eigenvalue weighted by Crippen LogP contribution is 2.33. The minimum atomic E-state index is -0.00132. The summed E-state index contributed by atoms with van der Waals surface area (Å²) >= 11 is 0. The lowest BCUT2D eigenvalue weighted by molar-refractivity contribution is 0.0700. The lowest BCUT2D eigenvalue weighted by Crippen LogP contribution is -2.39. The van der Waals surface area contributed by atoms with E-state index in [-0.39, 0.29) is 11.8 Å². The highest BCUT2D eigenvalue weighted by molar-refractivity contribution is 5.93. The third kappa shape index (κ3) is 3.20. The molecule has 1 N–H and O–H groups in total. The van der Waals surface area contributed by atoms with Crippen LogP contribution in [0, 0.1) is 6.92 Å². The lowest BCUT2D eigenvalue weighted by Gasteiger charge is -2.32. The number of amides is 1. The van der Waals surface area contributed by atoms with Gasteiger partial charge in [-0.25, -0.2) is 4.98 Å². The van der Waals surface area contributed by atoms with E-state index in [4.69, 9.17) is 0 Å². The Morgan fingerprint density at radius 1 is 1.14 bits per heavy atom. The molecule has 1 saturated heterocycles. The van der Waals surface area contributed by atoms with Crippen LogP contribution in [-0.4, -0.2) is 43.5 Å². The maximum Gasteiger partial charge on any atom is 0.274 e. The van der Waals surface area contributed by atoms with Gasteiger partial charge < -0.3 is 9.30 Å². The van der Waals surface area contributed by atoms with E-state index in [0.29, 0.717) is 12.2 Å². The molecule has 0 spiro atoms. The molecule has 0 bridgehead atoms. The Morgan fingerprint density at radius 3 is 2.83 bits per heavy atom. The molecular formula is C23H23N5O. The molecule has 146 valence electrons. The van der Waals surface area contributed by atoms with Crippen molar-refractivity contribution < 1.29 is 4.79 Å². The monoisotopic (exact) mass is 385 g/mol. The van der Waals surface area contributed by atoms with E-state index in [0.717, 1.165) is 47.5 Å². The van der Waals surface area contributed by atoms with E-state index in [2.05, 4.69) is 27.3 Å². The lowest BCUT2D eigenvalue weighted by atomic mass is 9.90. The van der Waals surface area contributed by atoms with Crippen molar-refractivity contribution in [2.24, 2.45) is 0 Å². The van der Waals surface area contributed by atoms with Gasteiger partial charge in [-0.2, -0.15) is 5.10 Å². The molecule has 1 aromatic carbocycles. The van der Waals surface area contributed by atoms with Gasteiger partial charge in [0.15, 0.2) is 0 Å². The molecule has 4 aromatic rings. The minimum absolute atomic E-state index is 0.00132. The van der Waals surface area contributed by atoms with Gasteiger partial charge >= 0.3 is 0 Å². The predicted octanol–water partition coefficient (Wildman–Crippen LogP) is 4.05. The van der Waals surface area contributed by atoms with Gasteiger partial charge in [0, 0.05) is 42.2 Å². The van der Waals surface area contributed by atoms with Gasteiger partial charge in [-0.1, -0.05) is 36.4 Å². The number of piperidine rings is 1. The number of pyridine rings is 1.